The summed E-state index contributed by atoms with van der Waals surface area (Å²) in [5.74, 6) is 1.47. The van der Waals surface area contributed by atoms with E-state index in [0.717, 1.165) is 0 Å². The summed E-state index contributed by atoms with van der Waals surface area (Å²) in [4.78, 5) is 12.7. The third kappa shape index (κ3) is 5.01. The van der Waals surface area contributed by atoms with E-state index in [1.807, 2.05) is 0 Å². The van der Waals surface area contributed by atoms with E-state index in [0.29, 0.717) is 45.1 Å². The molecule has 1 amide bonds. The fourth-order valence-electron chi connectivity index (χ4n) is 3.34. The number of aromatic nitrogens is 2. The quantitative estimate of drug-likeness (QED) is 0.358. The van der Waals surface area contributed by atoms with Crippen LogP contribution >= 0.6 is 0 Å². The molecular formula is C24H21F2N3O5. The first-order valence-corrected chi connectivity index (χ1v) is 10.2. The van der Waals surface area contributed by atoms with Crippen LogP contribution in [0.1, 0.15) is 15.9 Å². The molecule has 0 radical (unpaired) electrons. The monoisotopic (exact) mass is 469 g/mol. The van der Waals surface area contributed by atoms with Gasteiger partial charge in [0.1, 0.15) is 18.1 Å². The molecule has 176 valence electrons. The van der Waals surface area contributed by atoms with Gasteiger partial charge in [-0.3, -0.25) is 9.89 Å². The number of benzene rings is 3. The predicted molar refractivity (Wildman–Crippen MR) is 121 cm³/mol. The van der Waals surface area contributed by atoms with Crippen molar-refractivity contribution in [3.8, 4) is 23.0 Å². The number of fused-ring (bicyclic) bond motifs is 1. The summed E-state index contributed by atoms with van der Waals surface area (Å²) in [6.45, 7) is -2.89. The van der Waals surface area contributed by atoms with Crippen molar-refractivity contribution in [2.75, 3.05) is 19.5 Å². The highest BCUT2D eigenvalue weighted by Crippen LogP contribution is 2.30. The Labute approximate surface area is 193 Å². The number of para-hydroxylation sites is 1. The summed E-state index contributed by atoms with van der Waals surface area (Å²) in [5.41, 5.74) is 1.48. The predicted octanol–water partition coefficient (Wildman–Crippen LogP) is 5.01. The summed E-state index contributed by atoms with van der Waals surface area (Å²) < 4.78 is 45.9. The average molecular weight is 469 g/mol. The number of carbonyl (C=O) groups excluding carboxylic acids is 1. The van der Waals surface area contributed by atoms with E-state index >= 15 is 0 Å². The number of aromatic amines is 1. The Morgan fingerprint density at radius 1 is 1.00 bits per heavy atom. The molecular weight excluding hydrogens is 448 g/mol. The first kappa shape index (κ1) is 22.8. The summed E-state index contributed by atoms with van der Waals surface area (Å²) in [6.07, 6.45) is 0. The van der Waals surface area contributed by atoms with Gasteiger partial charge in [-0.25, -0.2) is 0 Å². The number of ether oxygens (including phenoxy) is 4. The Morgan fingerprint density at radius 2 is 1.79 bits per heavy atom. The molecule has 3 aromatic carbocycles. The molecule has 34 heavy (non-hydrogen) atoms. The van der Waals surface area contributed by atoms with E-state index in [2.05, 4.69) is 20.3 Å². The van der Waals surface area contributed by atoms with Gasteiger partial charge in [0.2, 0.25) is 0 Å². The fraction of sp³-hybridized carbons (Fsp3) is 0.167. The fourth-order valence-corrected chi connectivity index (χ4v) is 3.34. The number of anilines is 1. The Kier molecular flexibility index (Phi) is 6.77. The van der Waals surface area contributed by atoms with E-state index in [1.54, 1.807) is 54.6 Å². The molecule has 0 aliphatic carbocycles. The molecule has 4 aromatic rings. The topological polar surface area (TPSA) is 94.7 Å². The number of alkyl halides is 2. The summed E-state index contributed by atoms with van der Waals surface area (Å²) in [5, 5.41) is 10.5. The van der Waals surface area contributed by atoms with Crippen LogP contribution < -0.4 is 24.3 Å². The van der Waals surface area contributed by atoms with Gasteiger partial charge in [-0.05, 0) is 36.4 Å². The molecule has 0 saturated heterocycles. The number of hydrogen-bond acceptors (Lipinski definition) is 6. The maximum Gasteiger partial charge on any atom is 0.387 e. The van der Waals surface area contributed by atoms with E-state index in [-0.39, 0.29) is 18.3 Å². The Morgan fingerprint density at radius 3 is 2.56 bits per heavy atom. The van der Waals surface area contributed by atoms with Crippen molar-refractivity contribution >= 4 is 22.6 Å². The van der Waals surface area contributed by atoms with E-state index < -0.39 is 6.61 Å². The van der Waals surface area contributed by atoms with Gasteiger partial charge in [-0.2, -0.15) is 13.9 Å². The first-order valence-electron chi connectivity index (χ1n) is 10.2. The van der Waals surface area contributed by atoms with Crippen LogP contribution in [-0.4, -0.2) is 36.9 Å². The van der Waals surface area contributed by atoms with Gasteiger partial charge >= 0.3 is 6.61 Å². The van der Waals surface area contributed by atoms with Gasteiger partial charge in [0, 0.05) is 22.6 Å². The largest absolute Gasteiger partial charge is 0.493 e. The summed E-state index contributed by atoms with van der Waals surface area (Å²) >= 11 is 0. The van der Waals surface area contributed by atoms with Crippen molar-refractivity contribution in [2.24, 2.45) is 0 Å². The number of halogens is 2. The highest BCUT2D eigenvalue weighted by Gasteiger charge is 2.15. The molecule has 8 nitrogen and oxygen atoms in total. The van der Waals surface area contributed by atoms with Crippen molar-refractivity contribution in [1.82, 2.24) is 10.2 Å². The second-order valence-corrected chi connectivity index (χ2v) is 7.08. The van der Waals surface area contributed by atoms with E-state index in [9.17, 15) is 13.6 Å². The molecule has 0 unspecified atom stereocenters. The number of methoxy groups -OCH3 is 2. The molecule has 1 aromatic heterocycles. The lowest BCUT2D eigenvalue weighted by atomic mass is 10.2. The molecule has 4 rings (SSSR count). The number of carbonyl (C=O) groups is 1. The number of rotatable bonds is 9. The molecule has 0 bridgehead atoms. The van der Waals surface area contributed by atoms with Gasteiger partial charge < -0.3 is 24.3 Å². The Bertz CT molecular complexity index is 1310. The molecule has 0 aliphatic heterocycles. The molecule has 10 heteroatoms. The van der Waals surface area contributed by atoms with Crippen LogP contribution in [0.2, 0.25) is 0 Å². The van der Waals surface area contributed by atoms with Crippen LogP contribution in [0.3, 0.4) is 0 Å². The Balaban J connectivity index is 1.47. The number of nitrogens with zero attached hydrogens (tertiary/aromatic N) is 1. The van der Waals surface area contributed by atoms with Gasteiger partial charge in [0.25, 0.3) is 5.91 Å². The second-order valence-electron chi connectivity index (χ2n) is 7.08. The number of amides is 1. The van der Waals surface area contributed by atoms with Crippen LogP contribution in [-0.2, 0) is 6.61 Å². The summed E-state index contributed by atoms with van der Waals surface area (Å²) in [7, 11) is 3.01. The molecule has 1 heterocycles. The van der Waals surface area contributed by atoms with Crippen molar-refractivity contribution in [3.63, 3.8) is 0 Å². The number of nitrogens with one attached hydrogen (secondary N) is 2. The van der Waals surface area contributed by atoms with Crippen molar-refractivity contribution < 1.29 is 32.5 Å². The third-order valence-electron chi connectivity index (χ3n) is 4.99. The van der Waals surface area contributed by atoms with Crippen LogP contribution in [0.15, 0.2) is 60.7 Å². The SMILES string of the molecule is COc1ccc(C(=O)Nc2n[nH]c3cc(OCc4ccccc4OC(F)F)ccc23)cc1OC. The van der Waals surface area contributed by atoms with Crippen molar-refractivity contribution in [1.29, 1.82) is 0 Å². The van der Waals surface area contributed by atoms with Gasteiger partial charge in [-0.15, -0.1) is 0 Å². The van der Waals surface area contributed by atoms with E-state index in [4.69, 9.17) is 14.2 Å². The minimum absolute atomic E-state index is 0.0332. The maximum absolute atomic E-state index is 12.7. The van der Waals surface area contributed by atoms with Crippen LogP contribution in [0.4, 0.5) is 14.6 Å². The van der Waals surface area contributed by atoms with Gasteiger partial charge in [-0.1, -0.05) is 18.2 Å². The molecule has 0 aliphatic rings. The average Bonchev–Trinajstić information content (AvgIpc) is 3.24. The minimum atomic E-state index is -2.92. The highest BCUT2D eigenvalue weighted by atomic mass is 19.3. The lowest BCUT2D eigenvalue weighted by molar-refractivity contribution is -0.0508. The minimum Gasteiger partial charge on any atom is -0.493 e. The summed E-state index contributed by atoms with van der Waals surface area (Å²) in [6, 6.07) is 16.4. The zero-order chi connectivity index (χ0) is 24.1. The number of hydrogen-bond donors (Lipinski definition) is 2. The molecule has 0 atom stereocenters. The zero-order valence-corrected chi connectivity index (χ0v) is 18.3. The first-order chi connectivity index (χ1) is 16.5. The molecule has 0 saturated carbocycles. The normalized spacial score (nSPS) is 10.9. The van der Waals surface area contributed by atoms with E-state index in [1.165, 1.54) is 20.3 Å². The van der Waals surface area contributed by atoms with Gasteiger partial charge in [0.05, 0.1) is 19.7 Å². The van der Waals surface area contributed by atoms with Crippen LogP contribution in [0.5, 0.6) is 23.0 Å². The smallest absolute Gasteiger partial charge is 0.387 e. The lowest BCUT2D eigenvalue weighted by Gasteiger charge is -2.12. The number of H-pyrrole nitrogens is 1. The van der Waals surface area contributed by atoms with Crippen LogP contribution in [0.25, 0.3) is 10.9 Å². The molecule has 0 fully saturated rings. The van der Waals surface area contributed by atoms with Crippen LogP contribution in [0, 0.1) is 0 Å². The maximum atomic E-state index is 12.7. The standard InChI is InChI=1S/C24H21F2N3O5/c1-31-20-10-7-14(11-21(20)32-2)23(30)27-22-17-9-8-16(12-18(17)28-29-22)33-13-15-5-3-4-6-19(15)34-24(25)26/h3-12,24H,13H2,1-2H3,(H2,27,28,29,30). The molecule has 2 N–H and O–H groups in total. The second kappa shape index (κ2) is 10.1. The zero-order valence-electron chi connectivity index (χ0n) is 18.3. The Hall–Kier alpha value is -4.34. The van der Waals surface area contributed by atoms with Crippen molar-refractivity contribution in [2.45, 2.75) is 13.2 Å². The van der Waals surface area contributed by atoms with Gasteiger partial charge in [0.15, 0.2) is 17.3 Å². The lowest BCUT2D eigenvalue weighted by Crippen LogP contribution is -2.12. The van der Waals surface area contributed by atoms with Crippen molar-refractivity contribution in [3.05, 3.63) is 71.8 Å². The molecule has 0 spiro atoms. The third-order valence-corrected chi connectivity index (χ3v) is 4.99. The highest BCUT2D eigenvalue weighted by molar-refractivity contribution is 6.08.